The zero-order valence-electron chi connectivity index (χ0n) is 15.4. The number of hydrogen-bond acceptors (Lipinski definition) is 4. The maximum absolute atomic E-state index is 12.7. The molecule has 134 valence electrons. The van der Waals surface area contributed by atoms with E-state index in [4.69, 9.17) is 4.74 Å². The Morgan fingerprint density at radius 1 is 1.24 bits per heavy atom. The smallest absolute Gasteiger partial charge is 0.416 e. The first-order valence-electron chi connectivity index (χ1n) is 8.35. The van der Waals surface area contributed by atoms with E-state index in [-0.39, 0.29) is 12.1 Å². The van der Waals surface area contributed by atoms with Crippen molar-refractivity contribution in [2.24, 2.45) is 0 Å². The van der Waals surface area contributed by atoms with Gasteiger partial charge in [-0.3, -0.25) is 9.69 Å². The monoisotopic (exact) mass is 343 g/mol. The molecule has 0 saturated carbocycles. The fourth-order valence-corrected chi connectivity index (χ4v) is 2.41. The summed E-state index contributed by atoms with van der Waals surface area (Å²) in [6, 6.07) is 7.14. The van der Waals surface area contributed by atoms with E-state index in [0.717, 1.165) is 17.7 Å². The van der Waals surface area contributed by atoms with Gasteiger partial charge in [0.15, 0.2) is 0 Å². The minimum atomic E-state index is -0.642. The van der Waals surface area contributed by atoms with Crippen LogP contribution >= 0.6 is 0 Å². The molecule has 6 heteroatoms. The Balaban J connectivity index is 2.41. The summed E-state index contributed by atoms with van der Waals surface area (Å²) < 4.78 is 5.50. The molecule has 2 aromatic rings. The van der Waals surface area contributed by atoms with Gasteiger partial charge in [0.25, 0.3) is 5.56 Å². The first kappa shape index (κ1) is 18.7. The second kappa shape index (κ2) is 7.51. The fraction of sp³-hybridized carbons (Fsp3) is 0.421. The number of anilines is 1. The van der Waals surface area contributed by atoms with E-state index in [9.17, 15) is 9.59 Å². The summed E-state index contributed by atoms with van der Waals surface area (Å²) in [4.78, 5) is 33.2. The minimum absolute atomic E-state index is 0.0863. The Bertz CT molecular complexity index is 806. The van der Waals surface area contributed by atoms with Crippen molar-refractivity contribution in [2.75, 3.05) is 4.90 Å². The van der Waals surface area contributed by atoms with E-state index in [1.54, 1.807) is 45.2 Å². The molecule has 2 heterocycles. The molecule has 0 aromatic carbocycles. The molecule has 25 heavy (non-hydrogen) atoms. The molecule has 0 saturated heterocycles. The molecule has 0 aliphatic rings. The van der Waals surface area contributed by atoms with Crippen LogP contribution < -0.4 is 10.5 Å². The highest BCUT2D eigenvalue weighted by atomic mass is 16.6. The lowest BCUT2D eigenvalue weighted by atomic mass is 10.1. The van der Waals surface area contributed by atoms with Gasteiger partial charge in [-0.25, -0.2) is 9.78 Å². The Morgan fingerprint density at radius 3 is 2.52 bits per heavy atom. The number of aromatic amines is 1. The summed E-state index contributed by atoms with van der Waals surface area (Å²) in [6.45, 7) is 9.46. The van der Waals surface area contributed by atoms with Crippen molar-refractivity contribution >= 4 is 11.9 Å². The number of pyridine rings is 2. The van der Waals surface area contributed by atoms with E-state index >= 15 is 0 Å². The van der Waals surface area contributed by atoms with Gasteiger partial charge >= 0.3 is 6.09 Å². The highest BCUT2D eigenvalue weighted by Gasteiger charge is 2.25. The number of ether oxygens (including phenoxy) is 1. The van der Waals surface area contributed by atoms with Crippen molar-refractivity contribution in [3.63, 3.8) is 0 Å². The molecule has 0 unspecified atom stereocenters. The molecule has 0 aliphatic carbocycles. The van der Waals surface area contributed by atoms with Crippen molar-refractivity contribution in [2.45, 2.75) is 53.2 Å². The number of nitrogens with one attached hydrogen (secondary N) is 1. The molecule has 0 aliphatic heterocycles. The maximum atomic E-state index is 12.7. The molecule has 1 amide bonds. The highest BCUT2D eigenvalue weighted by molar-refractivity contribution is 5.86. The number of hydrogen-bond donors (Lipinski definition) is 1. The van der Waals surface area contributed by atoms with E-state index in [1.165, 1.54) is 4.90 Å². The van der Waals surface area contributed by atoms with Gasteiger partial charge in [0.05, 0.1) is 6.54 Å². The molecule has 2 aromatic heterocycles. The normalized spacial score (nSPS) is 11.2. The molecule has 2 rings (SSSR count). The number of carbonyl (C=O) groups excluding carboxylic acids is 1. The van der Waals surface area contributed by atoms with Gasteiger partial charge in [-0.2, -0.15) is 0 Å². The first-order chi connectivity index (χ1) is 11.7. The largest absolute Gasteiger partial charge is 0.443 e. The van der Waals surface area contributed by atoms with E-state index < -0.39 is 11.7 Å². The van der Waals surface area contributed by atoms with Gasteiger partial charge in [0.2, 0.25) is 0 Å². The lowest BCUT2D eigenvalue weighted by Crippen LogP contribution is -2.38. The zero-order chi connectivity index (χ0) is 18.6. The second-order valence-corrected chi connectivity index (χ2v) is 6.86. The van der Waals surface area contributed by atoms with Crippen molar-refractivity contribution in [1.82, 2.24) is 9.97 Å². The van der Waals surface area contributed by atoms with Crippen LogP contribution in [0, 0.1) is 6.92 Å². The molecule has 6 nitrogen and oxygen atoms in total. The standard InChI is InChI=1S/C19H25N3O3/c1-6-14-9-10-16(21-13(14)2)22(18(24)25-19(3,4)5)12-15-8-7-11-20-17(15)23/h7-11H,6,12H2,1-5H3,(H,20,23). The predicted octanol–water partition coefficient (Wildman–Crippen LogP) is 3.58. The summed E-state index contributed by atoms with van der Waals surface area (Å²) >= 11 is 0. The van der Waals surface area contributed by atoms with Gasteiger partial charge in [-0.15, -0.1) is 0 Å². The van der Waals surface area contributed by atoms with Crippen molar-refractivity contribution in [3.05, 3.63) is 57.6 Å². The molecule has 1 N–H and O–H groups in total. The van der Waals surface area contributed by atoms with Crippen LogP contribution in [0.4, 0.5) is 10.6 Å². The Labute approximate surface area is 147 Å². The van der Waals surface area contributed by atoms with Gasteiger partial charge < -0.3 is 9.72 Å². The summed E-state index contributed by atoms with van der Waals surface area (Å²) in [6.07, 6.45) is 1.89. The van der Waals surface area contributed by atoms with Gasteiger partial charge in [0.1, 0.15) is 11.4 Å². The topological polar surface area (TPSA) is 75.3 Å². The van der Waals surface area contributed by atoms with Crippen LogP contribution in [0.2, 0.25) is 0 Å². The Morgan fingerprint density at radius 2 is 1.96 bits per heavy atom. The second-order valence-electron chi connectivity index (χ2n) is 6.86. The Kier molecular flexibility index (Phi) is 5.62. The average molecular weight is 343 g/mol. The molecule has 0 spiro atoms. The number of H-pyrrole nitrogens is 1. The maximum Gasteiger partial charge on any atom is 0.416 e. The number of nitrogens with zero attached hydrogens (tertiary/aromatic N) is 2. The van der Waals surface area contributed by atoms with Crippen LogP contribution in [0.3, 0.4) is 0 Å². The highest BCUT2D eigenvalue weighted by Crippen LogP contribution is 2.20. The summed E-state index contributed by atoms with van der Waals surface area (Å²) in [7, 11) is 0. The molecular weight excluding hydrogens is 318 g/mol. The molecule has 0 fully saturated rings. The molecular formula is C19H25N3O3. The van der Waals surface area contributed by atoms with Crippen molar-refractivity contribution in [1.29, 1.82) is 0 Å². The molecule has 0 bridgehead atoms. The molecule has 0 radical (unpaired) electrons. The van der Waals surface area contributed by atoms with Crippen LogP contribution in [0.15, 0.2) is 35.3 Å². The van der Waals surface area contributed by atoms with Crippen LogP contribution in [-0.2, 0) is 17.7 Å². The quantitative estimate of drug-likeness (QED) is 0.920. The number of rotatable bonds is 4. The van der Waals surface area contributed by atoms with E-state index in [0.29, 0.717) is 11.4 Å². The minimum Gasteiger partial charge on any atom is -0.443 e. The summed E-state index contributed by atoms with van der Waals surface area (Å²) in [5, 5.41) is 0. The average Bonchev–Trinajstić information content (AvgIpc) is 2.52. The van der Waals surface area contributed by atoms with Gasteiger partial charge in [0, 0.05) is 17.5 Å². The predicted molar refractivity (Wildman–Crippen MR) is 97.8 cm³/mol. The summed E-state index contributed by atoms with van der Waals surface area (Å²) in [5.74, 6) is 0.465. The third-order valence-corrected chi connectivity index (χ3v) is 3.68. The lowest BCUT2D eigenvalue weighted by molar-refractivity contribution is 0.0576. The van der Waals surface area contributed by atoms with E-state index in [2.05, 4.69) is 16.9 Å². The number of aryl methyl sites for hydroxylation is 2. The van der Waals surface area contributed by atoms with E-state index in [1.807, 2.05) is 13.0 Å². The van der Waals surface area contributed by atoms with Gasteiger partial charge in [-0.1, -0.05) is 19.1 Å². The SMILES string of the molecule is CCc1ccc(N(Cc2ccc[nH]c2=O)C(=O)OC(C)(C)C)nc1C. The van der Waals surface area contributed by atoms with Crippen molar-refractivity contribution < 1.29 is 9.53 Å². The van der Waals surface area contributed by atoms with Crippen LogP contribution in [-0.4, -0.2) is 21.7 Å². The van der Waals surface area contributed by atoms with Crippen LogP contribution in [0.5, 0.6) is 0 Å². The number of carbonyl (C=O) groups is 1. The van der Waals surface area contributed by atoms with Crippen LogP contribution in [0.25, 0.3) is 0 Å². The number of aromatic nitrogens is 2. The van der Waals surface area contributed by atoms with Crippen LogP contribution in [0.1, 0.15) is 44.5 Å². The lowest BCUT2D eigenvalue weighted by Gasteiger charge is -2.27. The summed E-state index contributed by atoms with van der Waals surface area (Å²) in [5.41, 5.74) is 1.56. The Hall–Kier alpha value is -2.63. The third-order valence-electron chi connectivity index (χ3n) is 3.68. The van der Waals surface area contributed by atoms with Gasteiger partial charge in [-0.05, 0) is 51.8 Å². The molecule has 0 atom stereocenters. The zero-order valence-corrected chi connectivity index (χ0v) is 15.4. The number of amides is 1. The first-order valence-corrected chi connectivity index (χ1v) is 8.35. The fourth-order valence-electron chi connectivity index (χ4n) is 2.41. The third kappa shape index (κ3) is 4.92. The van der Waals surface area contributed by atoms with Crippen molar-refractivity contribution in [3.8, 4) is 0 Å².